The highest BCUT2D eigenvalue weighted by molar-refractivity contribution is 5.71. The number of hydrogen-bond donors (Lipinski definition) is 0. The van der Waals surface area contributed by atoms with Crippen molar-refractivity contribution in [2.24, 2.45) is 0 Å². The number of benzene rings is 3. The van der Waals surface area contributed by atoms with Crippen molar-refractivity contribution in [3.63, 3.8) is 0 Å². The minimum Gasteiger partial charge on any atom is -0.497 e. The second kappa shape index (κ2) is 9.90. The third-order valence-electron chi connectivity index (χ3n) is 7.88. The molecule has 1 fully saturated rings. The smallest absolute Gasteiger partial charge is 0.134 e. The Hall–Kier alpha value is -3.25. The Morgan fingerprint density at radius 2 is 1.49 bits per heavy atom. The first-order valence-electron chi connectivity index (χ1n) is 13.0. The summed E-state index contributed by atoms with van der Waals surface area (Å²) in [5.74, 6) is 1.59. The van der Waals surface area contributed by atoms with E-state index in [4.69, 9.17) is 14.2 Å². The Kier molecular flexibility index (Phi) is 6.80. The van der Waals surface area contributed by atoms with Gasteiger partial charge in [-0.05, 0) is 93.3 Å². The number of nitrogens with zero attached hydrogens (tertiary/aromatic N) is 2. The van der Waals surface area contributed by atoms with Gasteiger partial charge in [-0.2, -0.15) is 0 Å². The van der Waals surface area contributed by atoms with E-state index in [1.165, 1.54) is 40.2 Å². The molecule has 0 spiro atoms. The number of ether oxygens (including phenoxy) is 3. The molecule has 2 heterocycles. The van der Waals surface area contributed by atoms with E-state index in [1.807, 2.05) is 12.1 Å². The molecule has 0 aliphatic carbocycles. The monoisotopic (exact) mass is 504 g/mol. The molecule has 3 aromatic rings. The number of anilines is 2. The molecule has 196 valence electrons. The van der Waals surface area contributed by atoms with Crippen LogP contribution >= 0.6 is 0 Å². The Bertz CT molecular complexity index is 1260. The molecule has 1 atom stereocenters. The van der Waals surface area contributed by atoms with E-state index in [0.29, 0.717) is 6.61 Å². The van der Waals surface area contributed by atoms with Crippen molar-refractivity contribution in [1.29, 1.82) is 0 Å². The molecular weight excluding hydrogens is 467 g/mol. The summed E-state index contributed by atoms with van der Waals surface area (Å²) in [4.78, 5) is 4.95. The van der Waals surface area contributed by atoms with Gasteiger partial charge in [-0.1, -0.05) is 12.1 Å². The van der Waals surface area contributed by atoms with Crippen molar-refractivity contribution in [2.75, 3.05) is 43.1 Å². The molecule has 2 aliphatic rings. The maximum Gasteiger partial charge on any atom is 0.134 e. The van der Waals surface area contributed by atoms with Crippen molar-refractivity contribution in [1.82, 2.24) is 0 Å². The fourth-order valence-electron chi connectivity index (χ4n) is 5.74. The molecule has 0 amide bonds. The summed E-state index contributed by atoms with van der Waals surface area (Å²) in [5, 5.41) is 0. The van der Waals surface area contributed by atoms with Crippen LogP contribution in [0.15, 0.2) is 48.5 Å². The lowest BCUT2D eigenvalue weighted by Gasteiger charge is -2.39. The van der Waals surface area contributed by atoms with E-state index in [1.54, 1.807) is 19.2 Å². The fourth-order valence-corrected chi connectivity index (χ4v) is 5.74. The molecule has 0 saturated carbocycles. The molecule has 0 aromatic heterocycles. The lowest BCUT2D eigenvalue weighted by molar-refractivity contribution is -0.0600. The molecule has 0 N–H and O–H groups in total. The van der Waals surface area contributed by atoms with Crippen LogP contribution in [0.4, 0.5) is 15.8 Å². The van der Waals surface area contributed by atoms with Crippen molar-refractivity contribution in [2.45, 2.75) is 52.9 Å². The van der Waals surface area contributed by atoms with Gasteiger partial charge in [-0.15, -0.1) is 0 Å². The van der Waals surface area contributed by atoms with Crippen LogP contribution in [0.2, 0.25) is 0 Å². The first-order valence-corrected chi connectivity index (χ1v) is 13.0. The predicted octanol–water partition coefficient (Wildman–Crippen LogP) is 6.52. The van der Waals surface area contributed by atoms with Crippen LogP contribution in [0.25, 0.3) is 0 Å². The van der Waals surface area contributed by atoms with Gasteiger partial charge >= 0.3 is 0 Å². The lowest BCUT2D eigenvalue weighted by Crippen LogP contribution is -2.47. The number of fused-ring (bicyclic) bond motifs is 1. The Balaban J connectivity index is 1.40. The van der Waals surface area contributed by atoms with Gasteiger partial charge in [0.2, 0.25) is 0 Å². The summed E-state index contributed by atoms with van der Waals surface area (Å²) in [5.41, 5.74) is 7.77. The van der Waals surface area contributed by atoms with Gasteiger partial charge in [-0.25, -0.2) is 4.39 Å². The Morgan fingerprint density at radius 1 is 0.865 bits per heavy atom. The second-order valence-corrected chi connectivity index (χ2v) is 10.7. The van der Waals surface area contributed by atoms with Crippen molar-refractivity contribution < 1.29 is 18.6 Å². The third-order valence-corrected chi connectivity index (χ3v) is 7.88. The van der Waals surface area contributed by atoms with Crippen molar-refractivity contribution in [3.05, 3.63) is 82.2 Å². The van der Waals surface area contributed by atoms with Crippen LogP contribution in [0.1, 0.15) is 47.8 Å². The van der Waals surface area contributed by atoms with Gasteiger partial charge in [0.25, 0.3) is 0 Å². The fraction of sp³-hybridized carbons (Fsp3) is 0.419. The third kappa shape index (κ3) is 4.75. The highest BCUT2D eigenvalue weighted by atomic mass is 19.1. The van der Waals surface area contributed by atoms with Gasteiger partial charge in [0.1, 0.15) is 29.0 Å². The summed E-state index contributed by atoms with van der Waals surface area (Å²) in [6.45, 7) is 14.9. The number of methoxy groups -OCH3 is 1. The Morgan fingerprint density at radius 3 is 2.11 bits per heavy atom. The highest BCUT2D eigenvalue weighted by Crippen LogP contribution is 2.52. The molecule has 5 rings (SSSR count). The zero-order valence-corrected chi connectivity index (χ0v) is 22.7. The molecule has 5 nitrogen and oxygen atoms in total. The summed E-state index contributed by atoms with van der Waals surface area (Å²) in [6.07, 6.45) is -0.216. The van der Waals surface area contributed by atoms with Crippen LogP contribution in [-0.4, -0.2) is 38.9 Å². The highest BCUT2D eigenvalue weighted by Gasteiger charge is 2.45. The minimum absolute atomic E-state index is 0.216. The van der Waals surface area contributed by atoms with Gasteiger partial charge in [-0.3, -0.25) is 0 Å². The van der Waals surface area contributed by atoms with Crippen molar-refractivity contribution in [3.8, 4) is 11.5 Å². The van der Waals surface area contributed by atoms with Gasteiger partial charge < -0.3 is 24.0 Å². The molecule has 3 aromatic carbocycles. The molecule has 37 heavy (non-hydrogen) atoms. The van der Waals surface area contributed by atoms with E-state index in [-0.39, 0.29) is 11.9 Å². The van der Waals surface area contributed by atoms with Gasteiger partial charge in [0.05, 0.1) is 13.7 Å². The molecule has 0 bridgehead atoms. The maximum atomic E-state index is 13.4. The lowest BCUT2D eigenvalue weighted by atomic mass is 9.89. The number of rotatable bonds is 6. The molecular formula is C31H37FN2O3. The Labute approximate surface area is 219 Å². The second-order valence-electron chi connectivity index (χ2n) is 10.7. The molecule has 2 aliphatic heterocycles. The summed E-state index contributed by atoms with van der Waals surface area (Å²) < 4.78 is 31.7. The largest absolute Gasteiger partial charge is 0.497 e. The summed E-state index contributed by atoms with van der Waals surface area (Å²) in [7, 11) is 1.70. The number of hydrogen-bond acceptors (Lipinski definition) is 5. The van der Waals surface area contributed by atoms with E-state index >= 15 is 0 Å². The normalized spacial score (nSPS) is 18.5. The van der Waals surface area contributed by atoms with Gasteiger partial charge in [0, 0.05) is 43.1 Å². The minimum atomic E-state index is -0.504. The first kappa shape index (κ1) is 25.4. The van der Waals surface area contributed by atoms with Crippen LogP contribution in [0.3, 0.4) is 0 Å². The van der Waals surface area contributed by atoms with Crippen LogP contribution in [0.5, 0.6) is 11.5 Å². The van der Waals surface area contributed by atoms with E-state index < -0.39 is 5.60 Å². The van der Waals surface area contributed by atoms with E-state index in [2.05, 4.69) is 56.6 Å². The average molecular weight is 505 g/mol. The topological polar surface area (TPSA) is 34.2 Å². The summed E-state index contributed by atoms with van der Waals surface area (Å²) in [6, 6.07) is 14.8. The summed E-state index contributed by atoms with van der Waals surface area (Å²) >= 11 is 0. The van der Waals surface area contributed by atoms with Crippen molar-refractivity contribution >= 4 is 11.4 Å². The molecule has 0 radical (unpaired) electrons. The molecule has 1 saturated heterocycles. The maximum absolute atomic E-state index is 13.4. The quantitative estimate of drug-likeness (QED) is 0.382. The molecule has 6 heteroatoms. The first-order chi connectivity index (χ1) is 17.7. The zero-order chi connectivity index (χ0) is 26.3. The predicted molar refractivity (Wildman–Crippen MR) is 147 cm³/mol. The van der Waals surface area contributed by atoms with Crippen LogP contribution in [-0.2, 0) is 11.3 Å². The average Bonchev–Trinajstić information content (AvgIpc) is 3.18. The standard InChI is InChI=1S/C31H37FN2O3/c1-20-21(2)29-27(30(31(4,5)37-29)36-19-23-7-9-24(32)10-8-23)22(3)28(20)34-17-15-33(16-18-34)25-11-13-26(35-6)14-12-25/h7-14,30H,15-19H2,1-6H3. The molecule has 1 unspecified atom stereocenters. The van der Waals surface area contributed by atoms with Gasteiger partial charge in [0.15, 0.2) is 0 Å². The van der Waals surface area contributed by atoms with Crippen LogP contribution < -0.4 is 19.3 Å². The number of piperazine rings is 1. The zero-order valence-electron chi connectivity index (χ0n) is 22.7. The van der Waals surface area contributed by atoms with E-state index in [9.17, 15) is 4.39 Å². The van der Waals surface area contributed by atoms with E-state index in [0.717, 1.165) is 48.8 Å². The number of halogens is 1. The van der Waals surface area contributed by atoms with Crippen LogP contribution in [0, 0.1) is 26.6 Å². The SMILES string of the molecule is COc1ccc(N2CCN(c3c(C)c(C)c4c(c3C)C(OCc3ccc(F)cc3)C(C)(C)O4)CC2)cc1.